The van der Waals surface area contributed by atoms with Gasteiger partial charge in [0.1, 0.15) is 18.2 Å². The number of para-hydroxylation sites is 2. The summed E-state index contributed by atoms with van der Waals surface area (Å²) in [5.74, 6) is 1.64. The standard InChI is InChI=1S/C25H24FN3O3/c1-16-27-13-20(17-8-10-19(26)11-9-17)24(28-16)18-5-4-12-29(14-18)25(30)23-15-31-21-6-2-3-7-22(21)32-23/h2-3,6-11,13,18,23H,4-5,12,14-15H2,1H3. The number of benzene rings is 2. The van der Waals surface area contributed by atoms with E-state index >= 15 is 0 Å². The van der Waals surface area contributed by atoms with Crippen molar-refractivity contribution in [1.29, 1.82) is 0 Å². The second-order valence-electron chi connectivity index (χ2n) is 8.21. The highest BCUT2D eigenvalue weighted by Gasteiger charge is 2.35. The maximum atomic E-state index is 13.4. The topological polar surface area (TPSA) is 64.6 Å². The smallest absolute Gasteiger partial charge is 0.267 e. The van der Waals surface area contributed by atoms with Crippen molar-refractivity contribution in [1.82, 2.24) is 14.9 Å². The first-order valence-corrected chi connectivity index (χ1v) is 10.9. The minimum Gasteiger partial charge on any atom is -0.485 e. The molecule has 3 heterocycles. The summed E-state index contributed by atoms with van der Waals surface area (Å²) >= 11 is 0. The van der Waals surface area contributed by atoms with Crippen LogP contribution in [-0.2, 0) is 4.79 Å². The molecule has 1 amide bonds. The zero-order valence-electron chi connectivity index (χ0n) is 17.8. The first-order chi connectivity index (χ1) is 15.6. The molecule has 7 heteroatoms. The summed E-state index contributed by atoms with van der Waals surface area (Å²) in [6, 6.07) is 13.7. The van der Waals surface area contributed by atoms with Crippen LogP contribution in [0.5, 0.6) is 11.5 Å². The largest absolute Gasteiger partial charge is 0.485 e. The molecule has 0 saturated carbocycles. The van der Waals surface area contributed by atoms with Crippen LogP contribution >= 0.6 is 0 Å². The summed E-state index contributed by atoms with van der Waals surface area (Å²) in [5, 5.41) is 0. The van der Waals surface area contributed by atoms with E-state index in [0.717, 1.165) is 29.7 Å². The van der Waals surface area contributed by atoms with Crippen LogP contribution in [0.25, 0.3) is 11.1 Å². The lowest BCUT2D eigenvalue weighted by atomic mass is 9.89. The monoisotopic (exact) mass is 433 g/mol. The minimum atomic E-state index is -0.660. The first kappa shape index (κ1) is 20.4. The second kappa shape index (κ2) is 8.57. The maximum absolute atomic E-state index is 13.4. The number of hydrogen-bond acceptors (Lipinski definition) is 5. The van der Waals surface area contributed by atoms with E-state index in [0.29, 0.717) is 30.4 Å². The number of carbonyl (C=O) groups is 1. The molecule has 1 aromatic heterocycles. The van der Waals surface area contributed by atoms with Crippen LogP contribution in [0.4, 0.5) is 4.39 Å². The van der Waals surface area contributed by atoms with E-state index in [1.807, 2.05) is 36.1 Å². The lowest BCUT2D eigenvalue weighted by Crippen LogP contribution is -2.49. The number of rotatable bonds is 3. The molecule has 2 unspecified atom stereocenters. The number of ether oxygens (including phenoxy) is 2. The fourth-order valence-corrected chi connectivity index (χ4v) is 4.40. The second-order valence-corrected chi connectivity index (χ2v) is 8.21. The van der Waals surface area contributed by atoms with Gasteiger partial charge in [-0.3, -0.25) is 4.79 Å². The lowest BCUT2D eigenvalue weighted by Gasteiger charge is -2.36. The zero-order valence-corrected chi connectivity index (χ0v) is 17.8. The van der Waals surface area contributed by atoms with Crippen LogP contribution in [0.2, 0.25) is 0 Å². The highest BCUT2D eigenvalue weighted by atomic mass is 19.1. The van der Waals surface area contributed by atoms with Crippen molar-refractivity contribution in [3.63, 3.8) is 0 Å². The first-order valence-electron chi connectivity index (χ1n) is 10.9. The van der Waals surface area contributed by atoms with Crippen LogP contribution in [0.1, 0.15) is 30.3 Å². The minimum absolute atomic E-state index is 0.0613. The quantitative estimate of drug-likeness (QED) is 0.621. The molecule has 0 aliphatic carbocycles. The number of fused-ring (bicyclic) bond motifs is 1. The Morgan fingerprint density at radius 2 is 1.91 bits per heavy atom. The third kappa shape index (κ3) is 4.02. The average Bonchev–Trinajstić information content (AvgIpc) is 2.84. The summed E-state index contributed by atoms with van der Waals surface area (Å²) in [5.41, 5.74) is 2.64. The van der Waals surface area contributed by atoms with Crippen molar-refractivity contribution in [2.45, 2.75) is 31.8 Å². The molecule has 1 saturated heterocycles. The molecular formula is C25H24FN3O3. The molecule has 5 rings (SSSR count). The van der Waals surface area contributed by atoms with Crippen LogP contribution in [0.3, 0.4) is 0 Å². The van der Waals surface area contributed by atoms with E-state index in [1.54, 1.807) is 18.3 Å². The number of hydrogen-bond donors (Lipinski definition) is 0. The lowest BCUT2D eigenvalue weighted by molar-refractivity contribution is -0.142. The van der Waals surface area contributed by atoms with Crippen molar-refractivity contribution in [2.24, 2.45) is 0 Å². The molecule has 2 aliphatic rings. The van der Waals surface area contributed by atoms with Gasteiger partial charge in [-0.2, -0.15) is 0 Å². The van der Waals surface area contributed by atoms with E-state index in [9.17, 15) is 9.18 Å². The number of amides is 1. The Hall–Kier alpha value is -3.48. The van der Waals surface area contributed by atoms with Crippen molar-refractivity contribution < 1.29 is 18.7 Å². The van der Waals surface area contributed by atoms with Gasteiger partial charge in [-0.25, -0.2) is 14.4 Å². The molecule has 0 bridgehead atoms. The van der Waals surface area contributed by atoms with E-state index in [1.165, 1.54) is 12.1 Å². The Labute approximate surface area is 186 Å². The van der Waals surface area contributed by atoms with E-state index in [4.69, 9.17) is 14.5 Å². The number of likely N-dealkylation sites (tertiary alicyclic amines) is 1. The van der Waals surface area contributed by atoms with Gasteiger partial charge >= 0.3 is 0 Å². The third-order valence-corrected chi connectivity index (χ3v) is 6.00. The fourth-order valence-electron chi connectivity index (χ4n) is 4.40. The van der Waals surface area contributed by atoms with E-state index < -0.39 is 6.10 Å². The number of carbonyl (C=O) groups excluding carboxylic acids is 1. The van der Waals surface area contributed by atoms with Crippen molar-refractivity contribution in [3.05, 3.63) is 72.1 Å². The summed E-state index contributed by atoms with van der Waals surface area (Å²) in [6.45, 7) is 3.27. The fraction of sp³-hybridized carbons (Fsp3) is 0.320. The molecule has 2 aliphatic heterocycles. The molecule has 2 atom stereocenters. The molecule has 6 nitrogen and oxygen atoms in total. The third-order valence-electron chi connectivity index (χ3n) is 6.00. The Bertz CT molecular complexity index is 1140. The Morgan fingerprint density at radius 1 is 1.12 bits per heavy atom. The van der Waals surface area contributed by atoms with Crippen LogP contribution in [-0.4, -0.2) is 46.6 Å². The zero-order chi connectivity index (χ0) is 22.1. The Kier molecular flexibility index (Phi) is 5.47. The number of piperidine rings is 1. The highest BCUT2D eigenvalue weighted by Crippen LogP contribution is 2.35. The van der Waals surface area contributed by atoms with Crippen LogP contribution in [0, 0.1) is 12.7 Å². The number of nitrogens with zero attached hydrogens (tertiary/aromatic N) is 3. The van der Waals surface area contributed by atoms with Gasteiger partial charge in [0.25, 0.3) is 5.91 Å². The van der Waals surface area contributed by atoms with Gasteiger partial charge in [-0.05, 0) is 49.6 Å². The van der Waals surface area contributed by atoms with Gasteiger partial charge in [0, 0.05) is 30.8 Å². The van der Waals surface area contributed by atoms with Gasteiger partial charge in [0.2, 0.25) is 6.10 Å². The summed E-state index contributed by atoms with van der Waals surface area (Å²) in [4.78, 5) is 24.2. The maximum Gasteiger partial charge on any atom is 0.267 e. The Morgan fingerprint density at radius 3 is 2.72 bits per heavy atom. The van der Waals surface area contributed by atoms with Gasteiger partial charge in [0.05, 0.1) is 5.69 Å². The molecule has 0 radical (unpaired) electrons. The predicted molar refractivity (Wildman–Crippen MR) is 117 cm³/mol. The molecule has 164 valence electrons. The molecule has 3 aromatic rings. The molecule has 0 N–H and O–H groups in total. The molecule has 1 fully saturated rings. The average molecular weight is 433 g/mol. The van der Waals surface area contributed by atoms with Crippen LogP contribution < -0.4 is 9.47 Å². The highest BCUT2D eigenvalue weighted by molar-refractivity contribution is 5.82. The van der Waals surface area contributed by atoms with Gasteiger partial charge in [0.15, 0.2) is 11.5 Å². The molecule has 2 aromatic carbocycles. The Balaban J connectivity index is 1.37. The van der Waals surface area contributed by atoms with Gasteiger partial charge < -0.3 is 14.4 Å². The van der Waals surface area contributed by atoms with Crippen molar-refractivity contribution in [2.75, 3.05) is 19.7 Å². The molecular weight excluding hydrogens is 409 g/mol. The normalized spacial score (nSPS) is 20.1. The molecule has 0 spiro atoms. The van der Waals surface area contributed by atoms with Crippen molar-refractivity contribution >= 4 is 5.91 Å². The van der Waals surface area contributed by atoms with Gasteiger partial charge in [-0.1, -0.05) is 24.3 Å². The van der Waals surface area contributed by atoms with Crippen molar-refractivity contribution in [3.8, 4) is 22.6 Å². The van der Waals surface area contributed by atoms with Gasteiger partial charge in [-0.15, -0.1) is 0 Å². The SMILES string of the molecule is Cc1ncc(-c2ccc(F)cc2)c(C2CCCN(C(=O)C3COc4ccccc4O3)C2)n1. The summed E-state index contributed by atoms with van der Waals surface area (Å²) in [6.07, 6.45) is 2.92. The van der Waals surface area contributed by atoms with Crippen LogP contribution in [0.15, 0.2) is 54.7 Å². The number of halogens is 1. The number of aryl methyl sites for hydroxylation is 1. The van der Waals surface area contributed by atoms with E-state index in [2.05, 4.69) is 4.98 Å². The number of aromatic nitrogens is 2. The molecule has 32 heavy (non-hydrogen) atoms. The summed E-state index contributed by atoms with van der Waals surface area (Å²) in [7, 11) is 0. The summed E-state index contributed by atoms with van der Waals surface area (Å²) < 4.78 is 25.1. The van der Waals surface area contributed by atoms with E-state index in [-0.39, 0.29) is 24.2 Å². The predicted octanol–water partition coefficient (Wildman–Crippen LogP) is 4.14.